The second-order valence-electron chi connectivity index (χ2n) is 3.77. The molecule has 0 amide bonds. The fraction of sp³-hybridized carbons (Fsp3) is 0. The first-order valence-corrected chi connectivity index (χ1v) is 7.46. The molecule has 7 heteroatoms. The van der Waals surface area contributed by atoms with E-state index in [1.165, 1.54) is 18.2 Å². The molecule has 0 saturated heterocycles. The van der Waals surface area contributed by atoms with Crippen molar-refractivity contribution in [2.24, 2.45) is 0 Å². The molecule has 0 aliphatic heterocycles. The lowest BCUT2D eigenvalue weighted by Gasteiger charge is -2.10. The summed E-state index contributed by atoms with van der Waals surface area (Å²) in [7, 11) is -3.75. The summed E-state index contributed by atoms with van der Waals surface area (Å²) in [4.78, 5) is 0.0225. The molecule has 0 bridgehead atoms. The number of halogens is 2. The summed E-state index contributed by atoms with van der Waals surface area (Å²) in [6.07, 6.45) is 0. The Morgan fingerprint density at radius 2 is 1.68 bits per heavy atom. The summed E-state index contributed by atoms with van der Waals surface area (Å²) in [6.45, 7) is 0. The molecular weight excluding hydrogens is 307 g/mol. The van der Waals surface area contributed by atoms with Gasteiger partial charge in [0, 0.05) is 0 Å². The fourth-order valence-electron chi connectivity index (χ4n) is 1.44. The van der Waals surface area contributed by atoms with Crippen molar-refractivity contribution in [3.63, 3.8) is 0 Å². The molecule has 2 rings (SSSR count). The SMILES string of the molecule is Nc1cc(S(=O)(=O)Nc2ccccc2Cl)ccc1Cl. The third-order valence-electron chi connectivity index (χ3n) is 2.40. The van der Waals surface area contributed by atoms with Crippen LogP contribution >= 0.6 is 23.2 Å². The van der Waals surface area contributed by atoms with Gasteiger partial charge in [0.15, 0.2) is 0 Å². The summed E-state index contributed by atoms with van der Waals surface area (Å²) in [6, 6.07) is 10.6. The molecule has 0 atom stereocenters. The zero-order valence-corrected chi connectivity index (χ0v) is 11.9. The van der Waals surface area contributed by atoms with E-state index in [4.69, 9.17) is 28.9 Å². The molecule has 100 valence electrons. The van der Waals surface area contributed by atoms with Crippen LogP contribution in [0.1, 0.15) is 0 Å². The van der Waals surface area contributed by atoms with E-state index in [2.05, 4.69) is 4.72 Å². The smallest absolute Gasteiger partial charge is 0.262 e. The van der Waals surface area contributed by atoms with Gasteiger partial charge in [-0.3, -0.25) is 4.72 Å². The lowest BCUT2D eigenvalue weighted by atomic mass is 10.3. The maximum absolute atomic E-state index is 12.1. The molecule has 2 aromatic rings. The number of nitrogens with one attached hydrogen (secondary N) is 1. The number of anilines is 2. The zero-order valence-electron chi connectivity index (χ0n) is 9.60. The van der Waals surface area contributed by atoms with Gasteiger partial charge in [0.1, 0.15) is 0 Å². The van der Waals surface area contributed by atoms with Gasteiger partial charge in [-0.1, -0.05) is 35.3 Å². The van der Waals surface area contributed by atoms with Crippen molar-refractivity contribution in [2.45, 2.75) is 4.90 Å². The van der Waals surface area contributed by atoms with Crippen molar-refractivity contribution >= 4 is 44.6 Å². The molecule has 0 fully saturated rings. The monoisotopic (exact) mass is 316 g/mol. The second kappa shape index (κ2) is 5.28. The molecule has 0 aromatic heterocycles. The van der Waals surface area contributed by atoms with Crippen LogP contribution in [0.15, 0.2) is 47.4 Å². The number of sulfonamides is 1. The van der Waals surface area contributed by atoms with Gasteiger partial charge in [0.05, 0.1) is 26.3 Å². The largest absolute Gasteiger partial charge is 0.397 e. The highest BCUT2D eigenvalue weighted by Crippen LogP contribution is 2.26. The van der Waals surface area contributed by atoms with E-state index in [0.29, 0.717) is 15.7 Å². The minimum absolute atomic E-state index is 0.0225. The highest BCUT2D eigenvalue weighted by molar-refractivity contribution is 7.92. The lowest BCUT2D eigenvalue weighted by Crippen LogP contribution is -2.13. The van der Waals surface area contributed by atoms with E-state index >= 15 is 0 Å². The lowest BCUT2D eigenvalue weighted by molar-refractivity contribution is 0.601. The van der Waals surface area contributed by atoms with Crippen molar-refractivity contribution < 1.29 is 8.42 Å². The van der Waals surface area contributed by atoms with Crippen LogP contribution < -0.4 is 10.5 Å². The summed E-state index contributed by atoms with van der Waals surface area (Å²) in [5.74, 6) is 0. The number of hydrogen-bond donors (Lipinski definition) is 2. The maximum Gasteiger partial charge on any atom is 0.262 e. The highest BCUT2D eigenvalue weighted by atomic mass is 35.5. The average Bonchev–Trinajstić information content (AvgIpc) is 2.35. The minimum Gasteiger partial charge on any atom is -0.397 e. The Hall–Kier alpha value is -1.43. The van der Waals surface area contributed by atoms with E-state index in [-0.39, 0.29) is 10.6 Å². The number of para-hydroxylation sites is 1. The topological polar surface area (TPSA) is 72.2 Å². The predicted octanol–water partition coefficient (Wildman–Crippen LogP) is 3.38. The third kappa shape index (κ3) is 3.12. The van der Waals surface area contributed by atoms with Gasteiger partial charge in [-0.2, -0.15) is 0 Å². The van der Waals surface area contributed by atoms with E-state index in [9.17, 15) is 8.42 Å². The standard InChI is InChI=1S/C12H10Cl2N2O2S/c13-9-6-5-8(7-11(9)15)19(17,18)16-12-4-2-1-3-10(12)14/h1-7,16H,15H2. The Labute approximate surface area is 121 Å². The van der Waals surface area contributed by atoms with E-state index in [0.717, 1.165) is 0 Å². The van der Waals surface area contributed by atoms with Crippen LogP contribution in [0.2, 0.25) is 10.0 Å². The minimum atomic E-state index is -3.75. The Morgan fingerprint density at radius 3 is 2.32 bits per heavy atom. The molecule has 19 heavy (non-hydrogen) atoms. The van der Waals surface area contributed by atoms with Crippen LogP contribution in [0.3, 0.4) is 0 Å². The van der Waals surface area contributed by atoms with E-state index < -0.39 is 10.0 Å². The number of hydrogen-bond acceptors (Lipinski definition) is 3. The third-order valence-corrected chi connectivity index (χ3v) is 4.43. The highest BCUT2D eigenvalue weighted by Gasteiger charge is 2.16. The first-order chi connectivity index (χ1) is 8.90. The molecule has 0 saturated carbocycles. The number of nitrogen functional groups attached to an aromatic ring is 1. The van der Waals surface area contributed by atoms with Gasteiger partial charge < -0.3 is 5.73 Å². The van der Waals surface area contributed by atoms with Crippen LogP contribution in [0, 0.1) is 0 Å². The Morgan fingerprint density at radius 1 is 1.00 bits per heavy atom. The van der Waals surface area contributed by atoms with Crippen LogP contribution in [0.4, 0.5) is 11.4 Å². The molecule has 0 aliphatic rings. The fourth-order valence-corrected chi connectivity index (χ4v) is 2.91. The molecule has 0 radical (unpaired) electrons. The van der Waals surface area contributed by atoms with Gasteiger partial charge in [-0.05, 0) is 30.3 Å². The molecule has 0 unspecified atom stereocenters. The normalized spacial score (nSPS) is 11.3. The molecule has 0 heterocycles. The molecule has 3 N–H and O–H groups in total. The Kier molecular flexibility index (Phi) is 3.89. The van der Waals surface area contributed by atoms with Gasteiger partial charge in [-0.15, -0.1) is 0 Å². The van der Waals surface area contributed by atoms with Gasteiger partial charge in [0.25, 0.3) is 10.0 Å². The molecule has 2 aromatic carbocycles. The van der Waals surface area contributed by atoms with Gasteiger partial charge in [0.2, 0.25) is 0 Å². The molecule has 4 nitrogen and oxygen atoms in total. The molecule has 0 spiro atoms. The quantitative estimate of drug-likeness (QED) is 0.853. The summed E-state index contributed by atoms with van der Waals surface area (Å²) >= 11 is 11.7. The van der Waals surface area contributed by atoms with Crippen molar-refractivity contribution in [3.05, 3.63) is 52.5 Å². The van der Waals surface area contributed by atoms with Crippen molar-refractivity contribution in [1.29, 1.82) is 0 Å². The van der Waals surface area contributed by atoms with Crippen molar-refractivity contribution in [2.75, 3.05) is 10.5 Å². The summed E-state index contributed by atoms with van der Waals surface area (Å²) in [5.41, 5.74) is 6.09. The predicted molar refractivity (Wildman–Crippen MR) is 78.1 cm³/mol. The zero-order chi connectivity index (χ0) is 14.0. The average molecular weight is 317 g/mol. The first kappa shape index (κ1) is 14.0. The van der Waals surface area contributed by atoms with E-state index in [1.807, 2.05) is 0 Å². The number of nitrogens with two attached hydrogens (primary N) is 1. The second-order valence-corrected chi connectivity index (χ2v) is 6.27. The maximum atomic E-state index is 12.1. The number of benzene rings is 2. The van der Waals surface area contributed by atoms with Crippen LogP contribution in [0.5, 0.6) is 0 Å². The Bertz CT molecular complexity index is 717. The van der Waals surface area contributed by atoms with Crippen LogP contribution in [-0.4, -0.2) is 8.42 Å². The summed E-state index contributed by atoms with van der Waals surface area (Å²) < 4.78 is 26.7. The summed E-state index contributed by atoms with van der Waals surface area (Å²) in [5, 5.41) is 0.615. The molecule has 0 aliphatic carbocycles. The number of rotatable bonds is 3. The van der Waals surface area contributed by atoms with E-state index in [1.54, 1.807) is 24.3 Å². The van der Waals surface area contributed by atoms with Gasteiger partial charge in [-0.25, -0.2) is 8.42 Å². The molecular formula is C12H10Cl2N2O2S. The Balaban J connectivity index is 2.38. The first-order valence-electron chi connectivity index (χ1n) is 5.22. The van der Waals surface area contributed by atoms with Gasteiger partial charge >= 0.3 is 0 Å². The van der Waals surface area contributed by atoms with Crippen molar-refractivity contribution in [3.8, 4) is 0 Å². The van der Waals surface area contributed by atoms with Crippen molar-refractivity contribution in [1.82, 2.24) is 0 Å². The van der Waals surface area contributed by atoms with Crippen LogP contribution in [-0.2, 0) is 10.0 Å². The van der Waals surface area contributed by atoms with Crippen LogP contribution in [0.25, 0.3) is 0 Å².